The van der Waals surface area contributed by atoms with E-state index in [2.05, 4.69) is 38.7 Å². The topological polar surface area (TPSA) is 57.7 Å². The van der Waals surface area contributed by atoms with Gasteiger partial charge in [-0.15, -0.1) is 0 Å². The lowest BCUT2D eigenvalue weighted by atomic mass is 10.0. The first-order chi connectivity index (χ1) is 10.7. The second-order valence-corrected chi connectivity index (χ2v) is 5.97. The summed E-state index contributed by atoms with van der Waals surface area (Å²) in [6.07, 6.45) is 5.25. The average Bonchev–Trinajstić information content (AvgIpc) is 2.86. The SMILES string of the molecule is Cc1cc(C)n(C[C@@H]2CCCCN2c2ccc(C#N)cn2)n1. The van der Waals surface area contributed by atoms with Crippen molar-refractivity contribution in [2.45, 2.75) is 45.7 Å². The summed E-state index contributed by atoms with van der Waals surface area (Å²) in [5.74, 6) is 0.963. The van der Waals surface area contributed by atoms with Crippen LogP contribution in [0.15, 0.2) is 24.4 Å². The average molecular weight is 295 g/mol. The van der Waals surface area contributed by atoms with E-state index in [1.807, 2.05) is 19.1 Å². The van der Waals surface area contributed by atoms with Gasteiger partial charge in [0.05, 0.1) is 23.8 Å². The van der Waals surface area contributed by atoms with Crippen molar-refractivity contribution >= 4 is 5.82 Å². The molecule has 22 heavy (non-hydrogen) atoms. The number of anilines is 1. The fourth-order valence-electron chi connectivity index (χ4n) is 3.17. The van der Waals surface area contributed by atoms with Crippen LogP contribution in [0.2, 0.25) is 0 Å². The van der Waals surface area contributed by atoms with E-state index < -0.39 is 0 Å². The molecule has 2 aromatic rings. The first-order valence-electron chi connectivity index (χ1n) is 7.81. The number of pyridine rings is 1. The molecule has 5 nitrogen and oxygen atoms in total. The molecule has 0 N–H and O–H groups in total. The van der Waals surface area contributed by atoms with Gasteiger partial charge < -0.3 is 4.90 Å². The van der Waals surface area contributed by atoms with Crippen molar-refractivity contribution < 1.29 is 0 Å². The van der Waals surface area contributed by atoms with Crippen LogP contribution in [0.1, 0.15) is 36.2 Å². The highest BCUT2D eigenvalue weighted by Crippen LogP contribution is 2.24. The largest absolute Gasteiger partial charge is 0.352 e. The van der Waals surface area contributed by atoms with Crippen molar-refractivity contribution in [2.24, 2.45) is 0 Å². The summed E-state index contributed by atoms with van der Waals surface area (Å²) in [5, 5.41) is 13.5. The lowest BCUT2D eigenvalue weighted by Gasteiger charge is -2.36. The molecule has 1 aliphatic heterocycles. The van der Waals surface area contributed by atoms with Crippen molar-refractivity contribution in [3.63, 3.8) is 0 Å². The minimum atomic E-state index is 0.409. The molecule has 3 heterocycles. The summed E-state index contributed by atoms with van der Waals surface area (Å²) in [4.78, 5) is 6.83. The number of aromatic nitrogens is 3. The standard InChI is InChI=1S/C17H21N5/c1-13-9-14(2)22(20-13)12-16-5-3-4-8-21(16)17-7-6-15(10-18)11-19-17/h6-7,9,11,16H,3-5,8,12H2,1-2H3/t16-/m0/s1. The summed E-state index contributed by atoms with van der Waals surface area (Å²) < 4.78 is 2.10. The van der Waals surface area contributed by atoms with Crippen LogP contribution >= 0.6 is 0 Å². The van der Waals surface area contributed by atoms with Gasteiger partial charge in [0, 0.05) is 18.4 Å². The second kappa shape index (κ2) is 6.18. The highest BCUT2D eigenvalue weighted by atomic mass is 15.3. The predicted molar refractivity (Wildman–Crippen MR) is 85.6 cm³/mol. The fourth-order valence-corrected chi connectivity index (χ4v) is 3.17. The number of aryl methyl sites for hydroxylation is 2. The first-order valence-corrected chi connectivity index (χ1v) is 7.81. The Morgan fingerprint density at radius 2 is 2.18 bits per heavy atom. The molecule has 114 valence electrons. The monoisotopic (exact) mass is 295 g/mol. The smallest absolute Gasteiger partial charge is 0.128 e. The minimum Gasteiger partial charge on any atom is -0.352 e. The van der Waals surface area contributed by atoms with Crippen LogP contribution in [0.5, 0.6) is 0 Å². The number of piperidine rings is 1. The highest BCUT2D eigenvalue weighted by molar-refractivity contribution is 5.43. The Bertz CT molecular complexity index is 680. The van der Waals surface area contributed by atoms with Gasteiger partial charge in [0.2, 0.25) is 0 Å². The number of nitrogens with zero attached hydrogens (tertiary/aromatic N) is 5. The van der Waals surface area contributed by atoms with E-state index in [0.717, 1.165) is 31.0 Å². The van der Waals surface area contributed by atoms with Crippen LogP contribution in [0.3, 0.4) is 0 Å². The minimum absolute atomic E-state index is 0.409. The van der Waals surface area contributed by atoms with Crippen molar-refractivity contribution in [3.05, 3.63) is 41.3 Å². The third-order valence-electron chi connectivity index (χ3n) is 4.29. The van der Waals surface area contributed by atoms with Gasteiger partial charge in [0.1, 0.15) is 11.9 Å². The quantitative estimate of drug-likeness (QED) is 0.873. The summed E-state index contributed by atoms with van der Waals surface area (Å²) >= 11 is 0. The van der Waals surface area contributed by atoms with Gasteiger partial charge in [-0.3, -0.25) is 4.68 Å². The molecule has 0 bridgehead atoms. The Morgan fingerprint density at radius 3 is 2.82 bits per heavy atom. The van der Waals surface area contributed by atoms with E-state index >= 15 is 0 Å². The Kier molecular flexibility index (Phi) is 4.10. The van der Waals surface area contributed by atoms with E-state index in [-0.39, 0.29) is 0 Å². The van der Waals surface area contributed by atoms with Crippen molar-refractivity contribution in [3.8, 4) is 6.07 Å². The van der Waals surface area contributed by atoms with Crippen LogP contribution in [0, 0.1) is 25.2 Å². The van der Waals surface area contributed by atoms with Gasteiger partial charge in [0.25, 0.3) is 0 Å². The summed E-state index contributed by atoms with van der Waals surface area (Å²) in [6.45, 7) is 6.04. The Balaban J connectivity index is 1.81. The molecule has 0 saturated carbocycles. The van der Waals surface area contributed by atoms with Gasteiger partial charge in [-0.1, -0.05) is 0 Å². The number of rotatable bonds is 3. The molecule has 0 amide bonds. The van der Waals surface area contributed by atoms with Crippen LogP contribution in [0.25, 0.3) is 0 Å². The van der Waals surface area contributed by atoms with E-state index in [0.29, 0.717) is 11.6 Å². The summed E-state index contributed by atoms with van der Waals surface area (Å²) in [5.41, 5.74) is 2.88. The number of hydrogen-bond acceptors (Lipinski definition) is 4. The molecule has 1 atom stereocenters. The Morgan fingerprint density at radius 1 is 1.32 bits per heavy atom. The van der Waals surface area contributed by atoms with E-state index in [9.17, 15) is 0 Å². The maximum atomic E-state index is 8.90. The third kappa shape index (κ3) is 2.96. The zero-order valence-corrected chi connectivity index (χ0v) is 13.2. The maximum absolute atomic E-state index is 8.90. The Hall–Kier alpha value is -2.35. The molecule has 0 aliphatic carbocycles. The summed E-state index contributed by atoms with van der Waals surface area (Å²) in [6, 6.07) is 8.45. The molecule has 0 aromatic carbocycles. The normalized spacial score (nSPS) is 18.2. The van der Waals surface area contributed by atoms with E-state index in [1.165, 1.54) is 18.5 Å². The van der Waals surface area contributed by atoms with Gasteiger partial charge in [-0.2, -0.15) is 10.4 Å². The molecule has 0 unspecified atom stereocenters. The van der Waals surface area contributed by atoms with Crippen LogP contribution in [-0.4, -0.2) is 27.4 Å². The van der Waals surface area contributed by atoms with Crippen LogP contribution in [0.4, 0.5) is 5.82 Å². The van der Waals surface area contributed by atoms with E-state index in [1.54, 1.807) is 6.20 Å². The predicted octanol–water partition coefficient (Wildman–Crippen LogP) is 2.83. The highest BCUT2D eigenvalue weighted by Gasteiger charge is 2.24. The molecule has 0 radical (unpaired) electrons. The van der Waals surface area contributed by atoms with Crippen LogP contribution in [-0.2, 0) is 6.54 Å². The molecular weight excluding hydrogens is 274 g/mol. The van der Waals surface area contributed by atoms with E-state index in [4.69, 9.17) is 5.26 Å². The molecule has 2 aromatic heterocycles. The van der Waals surface area contributed by atoms with Crippen LogP contribution < -0.4 is 4.90 Å². The van der Waals surface area contributed by atoms with Crippen molar-refractivity contribution in [2.75, 3.05) is 11.4 Å². The molecule has 1 saturated heterocycles. The van der Waals surface area contributed by atoms with Crippen molar-refractivity contribution in [1.82, 2.24) is 14.8 Å². The first kappa shape index (κ1) is 14.6. The van der Waals surface area contributed by atoms with Gasteiger partial charge in [-0.25, -0.2) is 4.98 Å². The number of hydrogen-bond donors (Lipinski definition) is 0. The van der Waals surface area contributed by atoms with Crippen molar-refractivity contribution in [1.29, 1.82) is 5.26 Å². The molecule has 0 spiro atoms. The zero-order chi connectivity index (χ0) is 15.5. The lowest BCUT2D eigenvalue weighted by molar-refractivity contribution is 0.392. The fraction of sp³-hybridized carbons (Fsp3) is 0.471. The summed E-state index contributed by atoms with van der Waals surface area (Å²) in [7, 11) is 0. The van der Waals surface area contributed by atoms with Gasteiger partial charge in [0.15, 0.2) is 0 Å². The lowest BCUT2D eigenvalue weighted by Crippen LogP contribution is -2.43. The molecule has 1 aliphatic rings. The molecular formula is C17H21N5. The molecule has 1 fully saturated rings. The maximum Gasteiger partial charge on any atom is 0.128 e. The molecule has 5 heteroatoms. The third-order valence-corrected chi connectivity index (χ3v) is 4.29. The van der Waals surface area contributed by atoms with Gasteiger partial charge in [-0.05, 0) is 51.3 Å². The Labute approximate surface area is 131 Å². The zero-order valence-electron chi connectivity index (χ0n) is 13.2. The number of nitriles is 1. The second-order valence-electron chi connectivity index (χ2n) is 5.97. The molecule has 3 rings (SSSR count). The van der Waals surface area contributed by atoms with Gasteiger partial charge >= 0.3 is 0 Å².